The highest BCUT2D eigenvalue weighted by atomic mass is 35.5. The summed E-state index contributed by atoms with van der Waals surface area (Å²) in [6, 6.07) is 7.57. The Morgan fingerprint density at radius 1 is 1.08 bits per heavy atom. The third-order valence-corrected chi connectivity index (χ3v) is 3.60. The van der Waals surface area contributed by atoms with Crippen LogP contribution in [0.1, 0.15) is 33.3 Å². The van der Waals surface area contributed by atoms with Gasteiger partial charge in [-0.3, -0.25) is 14.5 Å². The van der Waals surface area contributed by atoms with Gasteiger partial charge in [0.05, 0.1) is 13.1 Å². The standard InChI is InChI=1S/C18H28ClN3O2/c1-5-22(13-17(24)21-18(2,3)4)12-16(23)20-11-10-14-6-8-15(19)9-7-14/h6-9H,5,10-13H2,1-4H3,(H,20,23)(H,21,24). The van der Waals surface area contributed by atoms with Gasteiger partial charge in [-0.05, 0) is 51.4 Å². The second kappa shape index (κ2) is 9.64. The smallest absolute Gasteiger partial charge is 0.234 e. The monoisotopic (exact) mass is 353 g/mol. The molecule has 0 bridgehead atoms. The fourth-order valence-electron chi connectivity index (χ4n) is 2.20. The molecule has 1 aromatic rings. The summed E-state index contributed by atoms with van der Waals surface area (Å²) < 4.78 is 0. The molecule has 0 aliphatic carbocycles. The number of halogens is 1. The van der Waals surface area contributed by atoms with Crippen LogP contribution in [0.3, 0.4) is 0 Å². The Morgan fingerprint density at radius 2 is 1.67 bits per heavy atom. The van der Waals surface area contributed by atoms with Crippen LogP contribution in [0.5, 0.6) is 0 Å². The SMILES string of the molecule is CCN(CC(=O)NCCc1ccc(Cl)cc1)CC(=O)NC(C)(C)C. The van der Waals surface area contributed by atoms with Crippen molar-refractivity contribution in [1.29, 1.82) is 0 Å². The predicted molar refractivity (Wildman–Crippen MR) is 98.2 cm³/mol. The van der Waals surface area contributed by atoms with Crippen LogP contribution in [-0.2, 0) is 16.0 Å². The van der Waals surface area contributed by atoms with E-state index in [9.17, 15) is 9.59 Å². The zero-order valence-corrected chi connectivity index (χ0v) is 15.7. The van der Waals surface area contributed by atoms with Gasteiger partial charge >= 0.3 is 0 Å². The van der Waals surface area contributed by atoms with Crippen LogP contribution < -0.4 is 10.6 Å². The minimum atomic E-state index is -0.267. The highest BCUT2D eigenvalue weighted by molar-refractivity contribution is 6.30. The molecule has 134 valence electrons. The lowest BCUT2D eigenvalue weighted by Crippen LogP contribution is -2.48. The lowest BCUT2D eigenvalue weighted by atomic mass is 10.1. The molecule has 0 aliphatic rings. The number of likely N-dealkylation sites (N-methyl/N-ethyl adjacent to an activating group) is 1. The van der Waals surface area contributed by atoms with Crippen molar-refractivity contribution < 1.29 is 9.59 Å². The van der Waals surface area contributed by atoms with Gasteiger partial charge in [0.25, 0.3) is 0 Å². The Kier molecular flexibility index (Phi) is 8.22. The molecular formula is C18H28ClN3O2. The lowest BCUT2D eigenvalue weighted by Gasteiger charge is -2.24. The predicted octanol–water partition coefficient (Wildman–Crippen LogP) is 2.24. The van der Waals surface area contributed by atoms with E-state index < -0.39 is 0 Å². The second-order valence-electron chi connectivity index (χ2n) is 6.83. The third kappa shape index (κ3) is 8.89. The molecule has 1 rings (SSSR count). The number of nitrogens with zero attached hydrogens (tertiary/aromatic N) is 1. The highest BCUT2D eigenvalue weighted by Crippen LogP contribution is 2.09. The van der Waals surface area contributed by atoms with E-state index in [1.807, 2.05) is 56.9 Å². The van der Waals surface area contributed by atoms with Crippen molar-refractivity contribution in [1.82, 2.24) is 15.5 Å². The van der Waals surface area contributed by atoms with E-state index in [4.69, 9.17) is 11.6 Å². The van der Waals surface area contributed by atoms with Crippen molar-refractivity contribution in [2.45, 2.75) is 39.7 Å². The van der Waals surface area contributed by atoms with Gasteiger partial charge in [0.1, 0.15) is 0 Å². The molecule has 2 N–H and O–H groups in total. The summed E-state index contributed by atoms with van der Waals surface area (Å²) in [5, 5.41) is 6.49. The summed E-state index contributed by atoms with van der Waals surface area (Å²) in [5.74, 6) is -0.146. The van der Waals surface area contributed by atoms with E-state index in [2.05, 4.69) is 10.6 Å². The van der Waals surface area contributed by atoms with E-state index in [1.165, 1.54) is 0 Å². The minimum Gasteiger partial charge on any atom is -0.355 e. The van der Waals surface area contributed by atoms with Gasteiger partial charge < -0.3 is 10.6 Å². The average Bonchev–Trinajstić information content (AvgIpc) is 2.46. The van der Waals surface area contributed by atoms with Gasteiger partial charge in [-0.25, -0.2) is 0 Å². The molecule has 0 fully saturated rings. The normalized spacial score (nSPS) is 11.4. The Labute approximate surface area is 149 Å². The molecule has 24 heavy (non-hydrogen) atoms. The zero-order chi connectivity index (χ0) is 18.2. The Bertz CT molecular complexity index is 538. The number of hydrogen-bond acceptors (Lipinski definition) is 3. The van der Waals surface area contributed by atoms with Crippen molar-refractivity contribution >= 4 is 23.4 Å². The number of carbonyl (C=O) groups excluding carboxylic acids is 2. The van der Waals surface area contributed by atoms with Gasteiger partial charge in [-0.15, -0.1) is 0 Å². The van der Waals surface area contributed by atoms with Crippen molar-refractivity contribution in [3.8, 4) is 0 Å². The summed E-state index contributed by atoms with van der Waals surface area (Å²) in [5.41, 5.74) is 0.855. The van der Waals surface area contributed by atoms with Crippen molar-refractivity contribution in [2.24, 2.45) is 0 Å². The van der Waals surface area contributed by atoms with Gasteiger partial charge in [0, 0.05) is 17.1 Å². The van der Waals surface area contributed by atoms with Gasteiger partial charge in [-0.1, -0.05) is 30.7 Å². The molecule has 2 amide bonds. The number of hydrogen-bond donors (Lipinski definition) is 2. The summed E-state index contributed by atoms with van der Waals surface area (Å²) in [6.45, 7) is 9.38. The molecule has 0 saturated carbocycles. The van der Waals surface area contributed by atoms with Crippen LogP contribution in [0.4, 0.5) is 0 Å². The second-order valence-corrected chi connectivity index (χ2v) is 7.26. The van der Waals surface area contributed by atoms with Crippen molar-refractivity contribution in [3.05, 3.63) is 34.9 Å². The number of rotatable bonds is 8. The quantitative estimate of drug-likeness (QED) is 0.753. The molecule has 6 heteroatoms. The molecule has 0 heterocycles. The van der Waals surface area contributed by atoms with Gasteiger partial charge in [-0.2, -0.15) is 0 Å². The Balaban J connectivity index is 2.33. The first-order chi connectivity index (χ1) is 11.2. The highest BCUT2D eigenvalue weighted by Gasteiger charge is 2.17. The first-order valence-corrected chi connectivity index (χ1v) is 8.62. The largest absolute Gasteiger partial charge is 0.355 e. The first-order valence-electron chi connectivity index (χ1n) is 8.24. The molecule has 0 spiro atoms. The molecule has 0 radical (unpaired) electrons. The lowest BCUT2D eigenvalue weighted by molar-refractivity contribution is -0.125. The van der Waals surface area contributed by atoms with Gasteiger partial charge in [0.2, 0.25) is 11.8 Å². The van der Waals surface area contributed by atoms with E-state index in [-0.39, 0.29) is 30.4 Å². The minimum absolute atomic E-state index is 0.0710. The summed E-state index contributed by atoms with van der Waals surface area (Å²) in [7, 11) is 0. The van der Waals surface area contributed by atoms with Crippen LogP contribution in [0, 0.1) is 0 Å². The summed E-state index contributed by atoms with van der Waals surface area (Å²) in [4.78, 5) is 25.8. The molecule has 1 aromatic carbocycles. The van der Waals surface area contributed by atoms with E-state index >= 15 is 0 Å². The molecule has 0 unspecified atom stereocenters. The molecule has 0 saturated heterocycles. The molecule has 0 aliphatic heterocycles. The van der Waals surface area contributed by atoms with Crippen molar-refractivity contribution in [3.63, 3.8) is 0 Å². The maximum Gasteiger partial charge on any atom is 0.234 e. The summed E-state index contributed by atoms with van der Waals surface area (Å²) in [6.07, 6.45) is 0.750. The maximum absolute atomic E-state index is 12.0. The van der Waals surface area contributed by atoms with Crippen molar-refractivity contribution in [2.75, 3.05) is 26.2 Å². The van der Waals surface area contributed by atoms with Crippen LogP contribution in [0.15, 0.2) is 24.3 Å². The molecular weight excluding hydrogens is 326 g/mol. The zero-order valence-electron chi connectivity index (χ0n) is 15.0. The third-order valence-electron chi connectivity index (χ3n) is 3.35. The molecule has 5 nitrogen and oxygen atoms in total. The van der Waals surface area contributed by atoms with Crippen LogP contribution >= 0.6 is 11.6 Å². The first kappa shape index (κ1) is 20.5. The fourth-order valence-corrected chi connectivity index (χ4v) is 2.32. The van der Waals surface area contributed by atoms with E-state index in [1.54, 1.807) is 0 Å². The van der Waals surface area contributed by atoms with Gasteiger partial charge in [0.15, 0.2) is 0 Å². The summed E-state index contributed by atoms with van der Waals surface area (Å²) >= 11 is 5.84. The topological polar surface area (TPSA) is 61.4 Å². The number of amides is 2. The number of benzene rings is 1. The number of nitrogens with one attached hydrogen (secondary N) is 2. The average molecular weight is 354 g/mol. The Hall–Kier alpha value is -1.59. The van der Waals surface area contributed by atoms with Crippen LogP contribution in [0.25, 0.3) is 0 Å². The number of carbonyl (C=O) groups is 2. The van der Waals surface area contributed by atoms with Crippen LogP contribution in [0.2, 0.25) is 5.02 Å². The maximum atomic E-state index is 12.0. The fraction of sp³-hybridized carbons (Fsp3) is 0.556. The molecule has 0 atom stereocenters. The van der Waals surface area contributed by atoms with Crippen LogP contribution in [-0.4, -0.2) is 48.4 Å². The Morgan fingerprint density at radius 3 is 2.21 bits per heavy atom. The molecule has 0 aromatic heterocycles. The van der Waals surface area contributed by atoms with E-state index in [0.717, 1.165) is 12.0 Å². The van der Waals surface area contributed by atoms with E-state index in [0.29, 0.717) is 18.1 Å².